The van der Waals surface area contributed by atoms with Gasteiger partial charge in [-0.15, -0.1) is 0 Å². The van der Waals surface area contributed by atoms with E-state index in [0.717, 1.165) is 54.8 Å². The maximum atomic E-state index is 14.1. The number of quaternary nitrogens is 1. The molecule has 3 fully saturated rings. The van der Waals surface area contributed by atoms with E-state index in [1.807, 2.05) is 55.4 Å². The molecule has 2 atom stereocenters. The number of rotatable bonds is 13. The van der Waals surface area contributed by atoms with Gasteiger partial charge in [0, 0.05) is 56.3 Å². The fraction of sp³-hybridized carbons (Fsp3) is 0.561. The van der Waals surface area contributed by atoms with E-state index in [1.165, 1.54) is 49.3 Å². The first-order valence-electron chi connectivity index (χ1n) is 18.2. The van der Waals surface area contributed by atoms with Crippen LogP contribution in [0.4, 0.5) is 5.69 Å². The molecule has 0 unspecified atom stereocenters. The van der Waals surface area contributed by atoms with Gasteiger partial charge in [0.15, 0.2) is 9.84 Å². The SMILES string of the molecule is C.CCCCC1(CCCC)CS(=O)(=O)c2ccc(N(C)C)cc2[C@H](c2ccc(OCc3ccc(C[N+]45CCN(CC4)CC5)cc3)cc2)[C@@H]1O.[Cl-]. The molecule has 276 valence electrons. The number of halogens is 1. The fourth-order valence-corrected chi connectivity index (χ4v) is 10.6. The quantitative estimate of drug-likeness (QED) is 0.266. The topological polar surface area (TPSA) is 70.1 Å². The zero-order chi connectivity index (χ0) is 33.9. The summed E-state index contributed by atoms with van der Waals surface area (Å²) < 4.78 is 35.7. The molecule has 9 heteroatoms. The molecule has 1 N–H and O–H groups in total. The highest BCUT2D eigenvalue weighted by Crippen LogP contribution is 2.50. The van der Waals surface area contributed by atoms with Crippen LogP contribution < -0.4 is 22.0 Å². The Morgan fingerprint density at radius 1 is 0.880 bits per heavy atom. The molecule has 3 saturated heterocycles. The van der Waals surface area contributed by atoms with Crippen LogP contribution in [0.2, 0.25) is 0 Å². The van der Waals surface area contributed by atoms with Crippen molar-refractivity contribution in [2.45, 2.75) is 89.9 Å². The number of piperazine rings is 3. The van der Waals surface area contributed by atoms with E-state index in [9.17, 15) is 13.5 Å². The molecule has 4 heterocycles. The number of fused-ring (bicyclic) bond motifs is 4. The van der Waals surface area contributed by atoms with Crippen LogP contribution in [0.15, 0.2) is 71.6 Å². The van der Waals surface area contributed by atoms with Crippen molar-refractivity contribution >= 4 is 15.5 Å². The van der Waals surface area contributed by atoms with Crippen LogP contribution in [0.3, 0.4) is 0 Å². The number of unbranched alkanes of at least 4 members (excludes halogenated alkanes) is 2. The predicted molar refractivity (Wildman–Crippen MR) is 201 cm³/mol. The Balaban J connectivity index is 0.00000281. The third-order valence-electron chi connectivity index (χ3n) is 11.5. The Hall–Kier alpha value is -2.62. The minimum Gasteiger partial charge on any atom is -1.00 e. The molecule has 2 bridgehead atoms. The van der Waals surface area contributed by atoms with E-state index in [2.05, 4.69) is 43.0 Å². The van der Waals surface area contributed by atoms with Crippen molar-refractivity contribution < 1.29 is 35.2 Å². The lowest BCUT2D eigenvalue weighted by molar-refractivity contribution is -0.953. The summed E-state index contributed by atoms with van der Waals surface area (Å²) in [6, 6.07) is 22.5. The molecule has 0 aliphatic carbocycles. The number of benzene rings is 3. The highest BCUT2D eigenvalue weighted by molar-refractivity contribution is 7.91. The highest BCUT2D eigenvalue weighted by Gasteiger charge is 2.49. The first-order chi connectivity index (χ1) is 23.1. The molecule has 7 nitrogen and oxygen atoms in total. The summed E-state index contributed by atoms with van der Waals surface area (Å²) >= 11 is 0. The van der Waals surface area contributed by atoms with Gasteiger partial charge in [0.2, 0.25) is 0 Å². The van der Waals surface area contributed by atoms with Gasteiger partial charge < -0.3 is 31.6 Å². The molecule has 7 rings (SSSR count). The van der Waals surface area contributed by atoms with Crippen LogP contribution in [0.1, 0.15) is 88.0 Å². The number of aliphatic hydroxyl groups is 1. The lowest BCUT2D eigenvalue weighted by Gasteiger charge is -2.50. The fourth-order valence-electron chi connectivity index (χ4n) is 8.43. The van der Waals surface area contributed by atoms with Crippen LogP contribution in [0, 0.1) is 5.41 Å². The Morgan fingerprint density at radius 2 is 1.46 bits per heavy atom. The van der Waals surface area contributed by atoms with Crippen molar-refractivity contribution in [1.29, 1.82) is 0 Å². The summed E-state index contributed by atoms with van der Waals surface area (Å²) in [6.07, 6.45) is 4.21. The maximum Gasteiger partial charge on any atom is 0.179 e. The molecule has 0 amide bonds. The minimum atomic E-state index is -3.63. The smallest absolute Gasteiger partial charge is 0.179 e. The van der Waals surface area contributed by atoms with Crippen molar-refractivity contribution in [3.8, 4) is 5.75 Å². The van der Waals surface area contributed by atoms with Gasteiger partial charge in [-0.2, -0.15) is 0 Å². The van der Waals surface area contributed by atoms with Gasteiger partial charge in [0.05, 0.1) is 36.4 Å². The Morgan fingerprint density at radius 3 is 2.02 bits per heavy atom. The van der Waals surface area contributed by atoms with Crippen LogP contribution in [-0.4, -0.2) is 88.1 Å². The van der Waals surface area contributed by atoms with Gasteiger partial charge in [0.25, 0.3) is 0 Å². The zero-order valence-corrected chi connectivity index (χ0v) is 31.5. The molecular formula is C41H60ClN3O4S. The van der Waals surface area contributed by atoms with Crippen molar-refractivity contribution in [3.63, 3.8) is 0 Å². The molecule has 0 aromatic heterocycles. The summed E-state index contributed by atoms with van der Waals surface area (Å²) in [5.74, 6) is 0.264. The summed E-state index contributed by atoms with van der Waals surface area (Å²) in [4.78, 5) is 4.93. The van der Waals surface area contributed by atoms with Gasteiger partial charge >= 0.3 is 0 Å². The second-order valence-electron chi connectivity index (χ2n) is 15.1. The van der Waals surface area contributed by atoms with E-state index >= 15 is 0 Å². The predicted octanol–water partition coefficient (Wildman–Crippen LogP) is 4.26. The minimum absolute atomic E-state index is 0. The number of nitrogens with zero attached hydrogens (tertiary/aromatic N) is 3. The second kappa shape index (κ2) is 16.8. The van der Waals surface area contributed by atoms with Gasteiger partial charge in [-0.25, -0.2) is 8.42 Å². The number of hydrogen-bond acceptors (Lipinski definition) is 6. The van der Waals surface area contributed by atoms with Crippen molar-refractivity contribution in [3.05, 3.63) is 89.0 Å². The normalized spacial score (nSPS) is 24.6. The van der Waals surface area contributed by atoms with Gasteiger partial charge in [-0.05, 0) is 59.9 Å². The molecule has 3 aromatic rings. The van der Waals surface area contributed by atoms with Crippen LogP contribution in [0.25, 0.3) is 0 Å². The Labute approximate surface area is 308 Å². The third-order valence-corrected chi connectivity index (χ3v) is 13.5. The van der Waals surface area contributed by atoms with Gasteiger partial charge in [-0.3, -0.25) is 4.90 Å². The number of hydrogen-bond donors (Lipinski definition) is 1. The first kappa shape index (κ1) is 40.2. The largest absolute Gasteiger partial charge is 1.00 e. The van der Waals surface area contributed by atoms with E-state index in [1.54, 1.807) is 6.07 Å². The van der Waals surface area contributed by atoms with Crippen molar-refractivity contribution in [1.82, 2.24) is 4.90 Å². The molecular weight excluding hydrogens is 666 g/mol. The Kier molecular flexibility index (Phi) is 13.5. The number of anilines is 1. The average Bonchev–Trinajstić information content (AvgIpc) is 3.17. The lowest BCUT2D eigenvalue weighted by atomic mass is 9.68. The maximum absolute atomic E-state index is 14.1. The highest BCUT2D eigenvalue weighted by atomic mass is 35.5. The molecule has 0 saturated carbocycles. The van der Waals surface area contributed by atoms with E-state index in [0.29, 0.717) is 29.9 Å². The Bertz CT molecular complexity index is 1620. The van der Waals surface area contributed by atoms with Gasteiger partial charge in [0.1, 0.15) is 18.9 Å². The zero-order valence-electron chi connectivity index (χ0n) is 29.9. The monoisotopic (exact) mass is 725 g/mol. The summed E-state index contributed by atoms with van der Waals surface area (Å²) in [6.45, 7) is 13.3. The van der Waals surface area contributed by atoms with Crippen LogP contribution in [-0.2, 0) is 23.0 Å². The van der Waals surface area contributed by atoms with E-state index < -0.39 is 27.3 Å². The standard InChI is InChI=1S/C40H56N3O4S.CH4.ClH/c1-5-7-19-40(20-8-6-2)30-48(45,46)37-18-15-34(41(3)4)27-36(37)38(39(40)44)33-13-16-35(17-14-33)47-29-32-11-9-31(10-12-32)28-43-24-21-42(22-25-43)23-26-43;;/h9-18,27,38-39,44H,5-8,19-26,28-30H2,1-4H3;1H4;1H/q+1;;/p-1/t38-,39-;;/m0../s1. The summed E-state index contributed by atoms with van der Waals surface area (Å²) in [7, 11) is 0.290. The number of ether oxygens (including phenoxy) is 1. The van der Waals surface area contributed by atoms with E-state index in [4.69, 9.17) is 4.74 Å². The van der Waals surface area contributed by atoms with Crippen molar-refractivity contribution in [2.75, 3.05) is 64.0 Å². The second-order valence-corrected chi connectivity index (χ2v) is 17.0. The third kappa shape index (κ3) is 8.53. The van der Waals surface area contributed by atoms with E-state index in [-0.39, 0.29) is 25.6 Å². The lowest BCUT2D eigenvalue weighted by Crippen LogP contribution is -3.00. The number of aliphatic hydroxyl groups excluding tert-OH is 1. The average molecular weight is 726 g/mol. The molecule has 4 aliphatic heterocycles. The summed E-state index contributed by atoms with van der Waals surface area (Å²) in [5, 5.41) is 12.4. The van der Waals surface area contributed by atoms with Crippen LogP contribution >= 0.6 is 0 Å². The van der Waals surface area contributed by atoms with Crippen LogP contribution in [0.5, 0.6) is 5.75 Å². The first-order valence-corrected chi connectivity index (χ1v) is 19.8. The molecule has 4 aliphatic rings. The molecule has 50 heavy (non-hydrogen) atoms. The van der Waals surface area contributed by atoms with Crippen molar-refractivity contribution in [2.24, 2.45) is 5.41 Å². The number of sulfone groups is 1. The molecule has 3 aromatic carbocycles. The summed E-state index contributed by atoms with van der Waals surface area (Å²) in [5.41, 5.74) is 4.34. The molecule has 0 radical (unpaired) electrons. The molecule has 0 spiro atoms. The van der Waals surface area contributed by atoms with Gasteiger partial charge in [-0.1, -0.05) is 83.4 Å².